The fourth-order valence-corrected chi connectivity index (χ4v) is 3.69. The summed E-state index contributed by atoms with van der Waals surface area (Å²) in [5.74, 6) is -3.69. The Morgan fingerprint density at radius 2 is 2.04 bits per heavy atom. The molecule has 1 aliphatic carbocycles. The van der Waals surface area contributed by atoms with Crippen molar-refractivity contribution in [2.24, 2.45) is 11.8 Å². The standard InChI is InChI=1S/C16H15ClFNO5/c17-16-6-5-8(7-11(16)13(20)19-15(16)23)12(14(21)22)24-10-3-1-9(18)2-4-10/h1-4,8,11-12H,5-7H2,(H,21,22)(H,19,20,23). The number of alkyl halides is 1. The fourth-order valence-electron chi connectivity index (χ4n) is 3.35. The van der Waals surface area contributed by atoms with Gasteiger partial charge in [0.25, 0.3) is 0 Å². The van der Waals surface area contributed by atoms with Gasteiger partial charge in [-0.25, -0.2) is 9.18 Å². The van der Waals surface area contributed by atoms with Crippen molar-refractivity contribution in [3.63, 3.8) is 0 Å². The highest BCUT2D eigenvalue weighted by Crippen LogP contribution is 2.46. The highest BCUT2D eigenvalue weighted by atomic mass is 35.5. The number of hydrogen-bond acceptors (Lipinski definition) is 4. The molecule has 1 aromatic carbocycles. The zero-order valence-corrected chi connectivity index (χ0v) is 13.3. The molecule has 2 fully saturated rings. The van der Waals surface area contributed by atoms with Gasteiger partial charge in [0.1, 0.15) is 16.4 Å². The van der Waals surface area contributed by atoms with Crippen molar-refractivity contribution in [2.75, 3.05) is 0 Å². The first kappa shape index (κ1) is 16.7. The third-order valence-corrected chi connectivity index (χ3v) is 5.27. The van der Waals surface area contributed by atoms with Crippen LogP contribution in [-0.4, -0.2) is 33.9 Å². The molecule has 0 spiro atoms. The number of carboxylic acid groups (broad SMARTS) is 1. The zero-order chi connectivity index (χ0) is 17.5. The topological polar surface area (TPSA) is 92.7 Å². The van der Waals surface area contributed by atoms with Crippen LogP contribution in [0.4, 0.5) is 4.39 Å². The molecular weight excluding hydrogens is 341 g/mol. The molecular formula is C16H15ClFNO5. The Hall–Kier alpha value is -2.15. The maximum Gasteiger partial charge on any atom is 0.345 e. The molecule has 1 aliphatic heterocycles. The molecule has 0 radical (unpaired) electrons. The number of amides is 2. The van der Waals surface area contributed by atoms with Crippen molar-refractivity contribution in [3.8, 4) is 5.75 Å². The number of fused-ring (bicyclic) bond motifs is 1. The lowest BCUT2D eigenvalue weighted by atomic mass is 9.72. The largest absolute Gasteiger partial charge is 0.478 e. The number of benzene rings is 1. The van der Waals surface area contributed by atoms with Crippen molar-refractivity contribution in [1.29, 1.82) is 0 Å². The van der Waals surface area contributed by atoms with Crippen LogP contribution < -0.4 is 10.1 Å². The van der Waals surface area contributed by atoms with E-state index in [4.69, 9.17) is 16.3 Å². The molecule has 2 aliphatic rings. The molecule has 2 amide bonds. The van der Waals surface area contributed by atoms with Crippen molar-refractivity contribution in [2.45, 2.75) is 30.2 Å². The molecule has 0 bridgehead atoms. The number of imide groups is 1. The summed E-state index contributed by atoms with van der Waals surface area (Å²) in [7, 11) is 0. The second-order valence-corrected chi connectivity index (χ2v) is 6.77. The Balaban J connectivity index is 1.78. The van der Waals surface area contributed by atoms with Gasteiger partial charge in [-0.15, -0.1) is 11.6 Å². The first-order chi connectivity index (χ1) is 11.3. The van der Waals surface area contributed by atoms with Gasteiger partial charge in [0.05, 0.1) is 5.92 Å². The lowest BCUT2D eigenvalue weighted by molar-refractivity contribution is -0.149. The van der Waals surface area contributed by atoms with Gasteiger partial charge in [0.2, 0.25) is 11.8 Å². The summed E-state index contributed by atoms with van der Waals surface area (Å²) in [6.45, 7) is 0. The molecule has 1 saturated heterocycles. The van der Waals surface area contributed by atoms with Crippen LogP contribution in [0.5, 0.6) is 5.75 Å². The number of carbonyl (C=O) groups is 3. The minimum absolute atomic E-state index is 0.138. The number of carbonyl (C=O) groups excluding carboxylic acids is 2. The quantitative estimate of drug-likeness (QED) is 0.633. The van der Waals surface area contributed by atoms with Crippen molar-refractivity contribution >= 4 is 29.4 Å². The minimum Gasteiger partial charge on any atom is -0.478 e. The highest BCUT2D eigenvalue weighted by molar-refractivity contribution is 6.40. The Bertz CT molecular complexity index is 694. The average molecular weight is 356 g/mol. The normalized spacial score (nSPS) is 30.4. The van der Waals surface area contributed by atoms with Crippen molar-refractivity contribution < 1.29 is 28.6 Å². The summed E-state index contributed by atoms with van der Waals surface area (Å²) in [6, 6.07) is 5.02. The maximum atomic E-state index is 12.9. The smallest absolute Gasteiger partial charge is 0.345 e. The summed E-state index contributed by atoms with van der Waals surface area (Å²) in [5.41, 5.74) is 0. The van der Waals surface area contributed by atoms with Crippen LogP contribution >= 0.6 is 11.6 Å². The van der Waals surface area contributed by atoms with Gasteiger partial charge >= 0.3 is 5.97 Å². The van der Waals surface area contributed by atoms with Gasteiger partial charge in [-0.05, 0) is 43.5 Å². The second-order valence-electron chi connectivity index (χ2n) is 6.10. The summed E-state index contributed by atoms with van der Waals surface area (Å²) >= 11 is 6.28. The van der Waals surface area contributed by atoms with E-state index in [1.807, 2.05) is 0 Å². The van der Waals surface area contributed by atoms with Gasteiger partial charge in [0, 0.05) is 5.92 Å². The molecule has 3 rings (SSSR count). The predicted octanol–water partition coefficient (Wildman–Crippen LogP) is 1.71. The Kier molecular flexibility index (Phi) is 4.21. The molecule has 1 heterocycles. The van der Waals surface area contributed by atoms with Crippen LogP contribution in [0.1, 0.15) is 19.3 Å². The number of ether oxygens (including phenoxy) is 1. The van der Waals surface area contributed by atoms with Gasteiger partial charge in [0.15, 0.2) is 6.10 Å². The van der Waals surface area contributed by atoms with Gasteiger partial charge in [-0.3, -0.25) is 14.9 Å². The second kappa shape index (κ2) is 6.05. The minimum atomic E-state index is -1.30. The molecule has 4 unspecified atom stereocenters. The number of nitrogens with one attached hydrogen (secondary N) is 1. The van der Waals surface area contributed by atoms with Gasteiger partial charge < -0.3 is 9.84 Å². The van der Waals surface area contributed by atoms with Crippen molar-refractivity contribution in [1.82, 2.24) is 5.32 Å². The number of halogens is 2. The molecule has 128 valence electrons. The average Bonchev–Trinajstić information content (AvgIpc) is 2.76. The molecule has 4 atom stereocenters. The number of rotatable bonds is 4. The number of carboxylic acids is 1. The summed E-state index contributed by atoms with van der Waals surface area (Å²) in [4.78, 5) is 34.0. The third kappa shape index (κ3) is 2.84. The molecule has 6 nitrogen and oxygen atoms in total. The van der Waals surface area contributed by atoms with Crippen LogP contribution in [0.3, 0.4) is 0 Å². The summed E-state index contributed by atoms with van der Waals surface area (Å²) in [6.07, 6.45) is -0.545. The van der Waals surface area contributed by atoms with E-state index in [1.54, 1.807) is 0 Å². The van der Waals surface area contributed by atoms with E-state index in [0.717, 1.165) is 0 Å². The first-order valence-electron chi connectivity index (χ1n) is 7.50. The molecule has 24 heavy (non-hydrogen) atoms. The van der Waals surface area contributed by atoms with E-state index in [9.17, 15) is 23.9 Å². The Morgan fingerprint density at radius 3 is 2.67 bits per heavy atom. The van der Waals surface area contributed by atoms with Crippen LogP contribution in [-0.2, 0) is 14.4 Å². The zero-order valence-electron chi connectivity index (χ0n) is 12.5. The van der Waals surface area contributed by atoms with Crippen LogP contribution in [0.15, 0.2) is 24.3 Å². The SMILES string of the molecule is O=C(O)C(Oc1ccc(F)cc1)C1CCC2(Cl)C(=O)NC(=O)C2C1. The fraction of sp³-hybridized carbons (Fsp3) is 0.438. The van der Waals surface area contributed by atoms with E-state index >= 15 is 0 Å². The lowest BCUT2D eigenvalue weighted by Crippen LogP contribution is -2.46. The van der Waals surface area contributed by atoms with E-state index in [0.29, 0.717) is 6.42 Å². The molecule has 1 aromatic rings. The van der Waals surface area contributed by atoms with Gasteiger partial charge in [-0.2, -0.15) is 0 Å². The summed E-state index contributed by atoms with van der Waals surface area (Å²) in [5, 5.41) is 11.7. The maximum absolute atomic E-state index is 12.9. The molecule has 2 N–H and O–H groups in total. The third-order valence-electron chi connectivity index (χ3n) is 4.65. The van der Waals surface area contributed by atoms with E-state index < -0.39 is 46.4 Å². The van der Waals surface area contributed by atoms with E-state index in [1.165, 1.54) is 24.3 Å². The van der Waals surface area contributed by atoms with Crippen molar-refractivity contribution in [3.05, 3.63) is 30.1 Å². The molecule has 1 saturated carbocycles. The first-order valence-corrected chi connectivity index (χ1v) is 7.88. The number of aliphatic carboxylic acids is 1. The van der Waals surface area contributed by atoms with Crippen LogP contribution in [0.25, 0.3) is 0 Å². The Labute approximate surface area is 141 Å². The predicted molar refractivity (Wildman–Crippen MR) is 81.0 cm³/mol. The Morgan fingerprint density at radius 1 is 1.38 bits per heavy atom. The van der Waals surface area contributed by atoms with E-state index in [-0.39, 0.29) is 18.6 Å². The summed E-state index contributed by atoms with van der Waals surface area (Å²) < 4.78 is 18.4. The van der Waals surface area contributed by atoms with Gasteiger partial charge in [-0.1, -0.05) is 0 Å². The highest BCUT2D eigenvalue weighted by Gasteiger charge is 2.58. The van der Waals surface area contributed by atoms with Crippen LogP contribution in [0, 0.1) is 17.7 Å². The molecule has 8 heteroatoms. The lowest BCUT2D eigenvalue weighted by Gasteiger charge is -2.36. The molecule has 0 aromatic heterocycles. The number of hydrogen-bond donors (Lipinski definition) is 2. The van der Waals surface area contributed by atoms with Crippen LogP contribution in [0.2, 0.25) is 0 Å². The monoisotopic (exact) mass is 355 g/mol. The van der Waals surface area contributed by atoms with E-state index in [2.05, 4.69) is 5.32 Å².